The van der Waals surface area contributed by atoms with Crippen LogP contribution in [0.1, 0.15) is 13.3 Å². The Morgan fingerprint density at radius 3 is 3.00 bits per heavy atom. The van der Waals surface area contributed by atoms with Gasteiger partial charge in [0.05, 0.1) is 24.7 Å². The molecule has 1 fully saturated rings. The Morgan fingerprint density at radius 1 is 1.67 bits per heavy atom. The van der Waals surface area contributed by atoms with E-state index >= 15 is 0 Å². The number of nitrogens with one attached hydrogen (secondary N) is 2. The van der Waals surface area contributed by atoms with Crippen LogP contribution < -0.4 is 4.72 Å². The molecule has 0 aromatic carbocycles. The Balaban J connectivity index is 2.18. The van der Waals surface area contributed by atoms with Crippen LogP contribution >= 0.6 is 0 Å². The van der Waals surface area contributed by atoms with E-state index < -0.39 is 15.6 Å². The topological polar surface area (TPSA) is 84.1 Å². The lowest BCUT2D eigenvalue weighted by Crippen LogP contribution is -2.46. The van der Waals surface area contributed by atoms with Crippen LogP contribution in [0.2, 0.25) is 0 Å². The largest absolute Gasteiger partial charge is 0.379 e. The molecule has 0 bridgehead atoms. The average molecular weight is 231 g/mol. The highest BCUT2D eigenvalue weighted by Crippen LogP contribution is 2.20. The minimum absolute atomic E-state index is 0.0793. The third-order valence-corrected chi connectivity index (χ3v) is 3.93. The number of hydrogen-bond donors (Lipinski definition) is 2. The smallest absolute Gasteiger partial charge is 0.258 e. The van der Waals surface area contributed by atoms with Crippen LogP contribution in [0.25, 0.3) is 0 Å². The summed E-state index contributed by atoms with van der Waals surface area (Å²) in [6, 6.07) is 0. The molecule has 15 heavy (non-hydrogen) atoms. The fourth-order valence-electron chi connectivity index (χ4n) is 1.52. The summed E-state index contributed by atoms with van der Waals surface area (Å²) in [5.74, 6) is 0. The zero-order chi connectivity index (χ0) is 10.9. The molecule has 1 aromatic heterocycles. The van der Waals surface area contributed by atoms with E-state index in [9.17, 15) is 8.42 Å². The maximum atomic E-state index is 11.8. The summed E-state index contributed by atoms with van der Waals surface area (Å²) in [5, 5.41) is 0.0793. The Morgan fingerprint density at radius 2 is 2.47 bits per heavy atom. The van der Waals surface area contributed by atoms with Crippen molar-refractivity contribution in [3.05, 3.63) is 12.5 Å². The van der Waals surface area contributed by atoms with E-state index in [1.54, 1.807) is 0 Å². The molecule has 0 amide bonds. The van der Waals surface area contributed by atoms with E-state index in [1.165, 1.54) is 12.5 Å². The molecule has 1 atom stereocenters. The second-order valence-electron chi connectivity index (χ2n) is 3.88. The molecule has 1 saturated heterocycles. The lowest BCUT2D eigenvalue weighted by Gasteiger charge is -2.22. The summed E-state index contributed by atoms with van der Waals surface area (Å²) in [6.45, 7) is 2.82. The zero-order valence-corrected chi connectivity index (χ0v) is 9.17. The van der Waals surface area contributed by atoms with Gasteiger partial charge in [0.1, 0.15) is 0 Å². The van der Waals surface area contributed by atoms with Gasteiger partial charge in [0.2, 0.25) is 0 Å². The summed E-state index contributed by atoms with van der Waals surface area (Å²) in [6.07, 6.45) is 3.30. The molecule has 84 valence electrons. The molecule has 2 N–H and O–H groups in total. The summed E-state index contributed by atoms with van der Waals surface area (Å²) in [4.78, 5) is 6.25. The van der Waals surface area contributed by atoms with E-state index in [-0.39, 0.29) is 5.03 Å². The van der Waals surface area contributed by atoms with Crippen molar-refractivity contribution < 1.29 is 13.2 Å². The highest BCUT2D eigenvalue weighted by Gasteiger charge is 2.34. The molecule has 0 saturated carbocycles. The van der Waals surface area contributed by atoms with E-state index in [2.05, 4.69) is 14.7 Å². The van der Waals surface area contributed by atoms with Crippen molar-refractivity contribution in [3.8, 4) is 0 Å². The van der Waals surface area contributed by atoms with Gasteiger partial charge >= 0.3 is 0 Å². The quantitative estimate of drug-likeness (QED) is 0.758. The lowest BCUT2D eigenvalue weighted by molar-refractivity contribution is 0.178. The average Bonchev–Trinajstić information content (AvgIpc) is 2.73. The summed E-state index contributed by atoms with van der Waals surface area (Å²) in [7, 11) is -3.51. The highest BCUT2D eigenvalue weighted by molar-refractivity contribution is 7.89. The van der Waals surface area contributed by atoms with Gasteiger partial charge in [0.15, 0.2) is 5.03 Å². The van der Waals surface area contributed by atoms with Crippen molar-refractivity contribution in [2.45, 2.75) is 23.9 Å². The van der Waals surface area contributed by atoms with Crippen molar-refractivity contribution in [2.75, 3.05) is 13.2 Å². The Labute approximate surface area is 88.1 Å². The van der Waals surface area contributed by atoms with Gasteiger partial charge < -0.3 is 9.72 Å². The molecular formula is C8H13N3O3S. The molecule has 0 aliphatic carbocycles. The van der Waals surface area contributed by atoms with Crippen LogP contribution in [-0.4, -0.2) is 37.1 Å². The fraction of sp³-hybridized carbons (Fsp3) is 0.625. The van der Waals surface area contributed by atoms with Crippen LogP contribution in [0.15, 0.2) is 17.6 Å². The minimum Gasteiger partial charge on any atom is -0.379 e. The predicted molar refractivity (Wildman–Crippen MR) is 52.8 cm³/mol. The number of sulfonamides is 1. The van der Waals surface area contributed by atoms with E-state index in [1.807, 2.05) is 6.92 Å². The minimum atomic E-state index is -3.51. The van der Waals surface area contributed by atoms with E-state index in [0.29, 0.717) is 19.6 Å². The monoisotopic (exact) mass is 231 g/mol. The maximum absolute atomic E-state index is 11.8. The Hall–Kier alpha value is -0.920. The molecule has 0 radical (unpaired) electrons. The number of hydrogen-bond acceptors (Lipinski definition) is 4. The van der Waals surface area contributed by atoms with Crippen LogP contribution in [-0.2, 0) is 14.8 Å². The van der Waals surface area contributed by atoms with Gasteiger partial charge in [-0.2, -0.15) is 0 Å². The van der Waals surface area contributed by atoms with Crippen molar-refractivity contribution in [2.24, 2.45) is 0 Å². The van der Waals surface area contributed by atoms with Crippen molar-refractivity contribution in [3.63, 3.8) is 0 Å². The molecule has 2 rings (SSSR count). The van der Waals surface area contributed by atoms with Gasteiger partial charge in [-0.25, -0.2) is 18.1 Å². The van der Waals surface area contributed by atoms with Crippen LogP contribution in [0, 0.1) is 0 Å². The third-order valence-electron chi connectivity index (χ3n) is 2.36. The third kappa shape index (κ3) is 2.19. The van der Waals surface area contributed by atoms with Crippen molar-refractivity contribution in [1.29, 1.82) is 0 Å². The second kappa shape index (κ2) is 3.58. The Kier molecular flexibility index (Phi) is 2.53. The molecule has 1 unspecified atom stereocenters. The first kappa shape index (κ1) is 10.6. The van der Waals surface area contributed by atoms with E-state index in [4.69, 9.17) is 4.74 Å². The van der Waals surface area contributed by atoms with Gasteiger partial charge in [-0.15, -0.1) is 0 Å². The van der Waals surface area contributed by atoms with Gasteiger partial charge in [-0.3, -0.25) is 0 Å². The molecule has 7 heteroatoms. The van der Waals surface area contributed by atoms with Gasteiger partial charge in [0.25, 0.3) is 10.0 Å². The van der Waals surface area contributed by atoms with Gasteiger partial charge in [-0.05, 0) is 13.3 Å². The van der Waals surface area contributed by atoms with Crippen LogP contribution in [0.5, 0.6) is 0 Å². The number of nitrogens with zero attached hydrogens (tertiary/aromatic N) is 1. The normalized spacial score (nSPS) is 27.0. The zero-order valence-electron chi connectivity index (χ0n) is 8.36. The number of H-pyrrole nitrogens is 1. The number of ether oxygens (including phenoxy) is 1. The Bertz CT molecular complexity index is 420. The molecule has 1 aliphatic heterocycles. The predicted octanol–water partition coefficient (Wildman–Crippen LogP) is -0.133. The van der Waals surface area contributed by atoms with Crippen molar-refractivity contribution >= 4 is 10.0 Å². The standard InChI is InChI=1S/C8H13N3O3S/c1-8(2-3-14-5-8)11-15(12,13)7-4-9-6-10-7/h4,6,11H,2-3,5H2,1H3,(H,9,10). The second-order valence-corrected chi connectivity index (χ2v) is 5.54. The molecule has 2 heterocycles. The maximum Gasteiger partial charge on any atom is 0.258 e. The lowest BCUT2D eigenvalue weighted by atomic mass is 10.0. The molecule has 1 aliphatic rings. The first-order chi connectivity index (χ1) is 7.02. The number of aromatic amines is 1. The molecule has 6 nitrogen and oxygen atoms in total. The SMILES string of the molecule is CC1(NS(=O)(=O)c2cnc[nH]2)CCOC1. The van der Waals surface area contributed by atoms with Crippen molar-refractivity contribution in [1.82, 2.24) is 14.7 Å². The number of rotatable bonds is 3. The first-order valence-electron chi connectivity index (χ1n) is 4.62. The summed E-state index contributed by atoms with van der Waals surface area (Å²) >= 11 is 0. The molecule has 0 spiro atoms. The number of imidazole rings is 1. The van der Waals surface area contributed by atoms with Gasteiger partial charge in [-0.1, -0.05) is 0 Å². The first-order valence-corrected chi connectivity index (χ1v) is 6.10. The summed E-state index contributed by atoms with van der Waals surface area (Å²) in [5.41, 5.74) is -0.510. The van der Waals surface area contributed by atoms with Gasteiger partial charge in [0, 0.05) is 6.61 Å². The van der Waals surface area contributed by atoms with Crippen LogP contribution in [0.4, 0.5) is 0 Å². The van der Waals surface area contributed by atoms with Crippen LogP contribution in [0.3, 0.4) is 0 Å². The fourth-order valence-corrected chi connectivity index (χ4v) is 2.84. The molecular weight excluding hydrogens is 218 g/mol. The summed E-state index contributed by atoms with van der Waals surface area (Å²) < 4.78 is 31.4. The highest BCUT2D eigenvalue weighted by atomic mass is 32.2. The molecule has 1 aromatic rings. The van der Waals surface area contributed by atoms with E-state index in [0.717, 1.165) is 0 Å². The number of aromatic nitrogens is 2.